The Morgan fingerprint density at radius 2 is 1.50 bits per heavy atom. The molecule has 3 nitrogen and oxygen atoms in total. The minimum absolute atomic E-state index is 0.354. The summed E-state index contributed by atoms with van der Waals surface area (Å²) in [7, 11) is -3.82. The van der Waals surface area contributed by atoms with Crippen molar-refractivity contribution in [3.63, 3.8) is 0 Å². The van der Waals surface area contributed by atoms with E-state index >= 15 is 0 Å². The van der Waals surface area contributed by atoms with Crippen LogP contribution in [0.5, 0.6) is 0 Å². The summed E-state index contributed by atoms with van der Waals surface area (Å²) in [6, 6.07) is 0. The zero-order valence-corrected chi connectivity index (χ0v) is 7.70. The predicted molar refractivity (Wildman–Crippen MR) is 43.9 cm³/mol. The van der Waals surface area contributed by atoms with Crippen molar-refractivity contribution >= 4 is 7.94 Å². The van der Waals surface area contributed by atoms with Crippen LogP contribution >= 0.6 is 7.94 Å². The van der Waals surface area contributed by atoms with Crippen molar-refractivity contribution in [2.45, 2.75) is 32.9 Å². The van der Waals surface area contributed by atoms with Crippen molar-refractivity contribution < 1.29 is 14.7 Å². The zero-order chi connectivity index (χ0) is 8.36. The molecule has 0 aliphatic carbocycles. The molecule has 3 N–H and O–H groups in total. The van der Waals surface area contributed by atoms with Crippen molar-refractivity contribution in [2.75, 3.05) is 0 Å². The second kappa shape index (κ2) is 3.63. The van der Waals surface area contributed by atoms with Crippen LogP contribution in [0.15, 0.2) is 0 Å². The molecule has 0 heterocycles. The van der Waals surface area contributed by atoms with Gasteiger partial charge in [0, 0.05) is 0 Å². The van der Waals surface area contributed by atoms with Gasteiger partial charge in [0.15, 0.2) is 0 Å². The molecule has 0 bridgehead atoms. The first kappa shape index (κ1) is 10.3. The molecule has 0 saturated carbocycles. The fraction of sp³-hybridized carbons (Fsp3) is 1.00. The Balaban J connectivity index is 3.73. The van der Waals surface area contributed by atoms with Crippen molar-refractivity contribution in [3.8, 4) is 0 Å². The Hall–Kier alpha value is 0.310. The van der Waals surface area contributed by atoms with Gasteiger partial charge >= 0.3 is 61.4 Å². The molecule has 1 atom stereocenters. The molecule has 64 valence electrons. The fourth-order valence-electron chi connectivity index (χ4n) is 0.865. The summed E-state index contributed by atoms with van der Waals surface area (Å²) in [5.74, 6) is 0.397. The van der Waals surface area contributed by atoms with Gasteiger partial charge in [0.2, 0.25) is 0 Å². The summed E-state index contributed by atoms with van der Waals surface area (Å²) >= 11 is 0. The van der Waals surface area contributed by atoms with Crippen LogP contribution in [0.3, 0.4) is 0 Å². The molecule has 0 aromatic carbocycles. The second-order valence-electron chi connectivity index (χ2n) is 3.22. The molecule has 0 fully saturated rings. The van der Waals surface area contributed by atoms with E-state index in [2.05, 4.69) is 0 Å². The molecule has 0 rings (SSSR count). The summed E-state index contributed by atoms with van der Waals surface area (Å²) < 4.78 is 0. The van der Waals surface area contributed by atoms with Crippen LogP contribution in [-0.2, 0) is 0 Å². The molecule has 0 saturated heterocycles. The summed E-state index contributed by atoms with van der Waals surface area (Å²) in [5.41, 5.74) is -0.354. The Kier molecular flexibility index (Phi) is 3.74. The number of hydrogen-bond acceptors (Lipinski definition) is 3. The maximum atomic E-state index is 8.79. The molecule has 0 amide bonds. The minimum atomic E-state index is -3.82. The quantitative estimate of drug-likeness (QED) is 0.548. The first-order valence-corrected chi connectivity index (χ1v) is 5.43. The van der Waals surface area contributed by atoms with E-state index in [0.29, 0.717) is 12.3 Å². The molecule has 1 unspecified atom stereocenters. The molecular weight excluding hydrogens is 151 g/mol. The van der Waals surface area contributed by atoms with Gasteiger partial charge in [-0.15, -0.1) is 0 Å². The number of hydrogen-bond donors (Lipinski definition) is 3. The maximum absolute atomic E-state index is 8.79. The van der Waals surface area contributed by atoms with Gasteiger partial charge < -0.3 is 0 Å². The van der Waals surface area contributed by atoms with Gasteiger partial charge in [-0.3, -0.25) is 0 Å². The Morgan fingerprint density at radius 3 is 1.60 bits per heavy atom. The van der Waals surface area contributed by atoms with E-state index in [-0.39, 0.29) is 5.66 Å². The van der Waals surface area contributed by atoms with Crippen LogP contribution < -0.4 is 0 Å². The van der Waals surface area contributed by atoms with E-state index in [1.807, 2.05) is 13.8 Å². The average molecular weight is 168 g/mol. The van der Waals surface area contributed by atoms with E-state index < -0.39 is 7.94 Å². The van der Waals surface area contributed by atoms with Crippen LogP contribution in [-0.4, -0.2) is 20.3 Å². The molecule has 0 aliphatic heterocycles. The molecule has 0 aromatic rings. The van der Waals surface area contributed by atoms with Crippen LogP contribution in [0.2, 0.25) is 0 Å². The first-order valence-electron chi connectivity index (χ1n) is 3.51. The van der Waals surface area contributed by atoms with Crippen molar-refractivity contribution in [2.24, 2.45) is 5.92 Å². The first-order chi connectivity index (χ1) is 4.34. The van der Waals surface area contributed by atoms with E-state index in [4.69, 9.17) is 14.7 Å². The monoisotopic (exact) mass is 168 g/mol. The molecule has 0 radical (unpaired) electrons. The van der Waals surface area contributed by atoms with Gasteiger partial charge in [0.1, 0.15) is 0 Å². The fourth-order valence-corrected chi connectivity index (χ4v) is 1.65. The van der Waals surface area contributed by atoms with Crippen molar-refractivity contribution in [3.05, 3.63) is 0 Å². The third-order valence-electron chi connectivity index (χ3n) is 1.49. The molecular formula is C6H17O3P. The van der Waals surface area contributed by atoms with Gasteiger partial charge in [-0.1, -0.05) is 0 Å². The second-order valence-corrected chi connectivity index (χ2v) is 5.58. The van der Waals surface area contributed by atoms with E-state index in [0.717, 1.165) is 0 Å². The number of rotatable bonds is 3. The van der Waals surface area contributed by atoms with E-state index in [1.54, 1.807) is 6.92 Å². The Bertz CT molecular complexity index is 97.7. The molecule has 0 aliphatic rings. The summed E-state index contributed by atoms with van der Waals surface area (Å²) in [6.07, 6.45) is 0.662. The SMILES string of the molecule is CC(C)CC(C)[PH](O)(O)O. The normalized spacial score (nSPS) is 17.5. The molecule has 4 heteroatoms. The van der Waals surface area contributed by atoms with Crippen LogP contribution in [0.25, 0.3) is 0 Å². The standard InChI is InChI=1S/C6H17O3P/c1-5(2)4-6(3)10(7,8)9/h5-10H,4H2,1-3H3. The Morgan fingerprint density at radius 1 is 1.10 bits per heavy atom. The summed E-state index contributed by atoms with van der Waals surface area (Å²) in [5, 5.41) is 0. The van der Waals surface area contributed by atoms with Crippen LogP contribution in [0.1, 0.15) is 27.2 Å². The van der Waals surface area contributed by atoms with Crippen LogP contribution in [0, 0.1) is 5.92 Å². The van der Waals surface area contributed by atoms with Crippen molar-refractivity contribution in [1.82, 2.24) is 0 Å². The van der Waals surface area contributed by atoms with E-state index in [9.17, 15) is 0 Å². The third kappa shape index (κ3) is 4.18. The average Bonchev–Trinajstić information content (AvgIpc) is 1.60. The van der Waals surface area contributed by atoms with Gasteiger partial charge in [0.25, 0.3) is 0 Å². The van der Waals surface area contributed by atoms with Gasteiger partial charge in [0.05, 0.1) is 0 Å². The van der Waals surface area contributed by atoms with Crippen LogP contribution in [0.4, 0.5) is 0 Å². The van der Waals surface area contributed by atoms with Gasteiger partial charge in [-0.05, 0) is 0 Å². The van der Waals surface area contributed by atoms with Gasteiger partial charge in [-0.25, -0.2) is 0 Å². The molecule has 0 aromatic heterocycles. The predicted octanol–water partition coefficient (Wildman–Crippen LogP) is 0.893. The third-order valence-corrected chi connectivity index (χ3v) is 3.04. The summed E-state index contributed by atoms with van der Waals surface area (Å²) in [4.78, 5) is 26.4. The van der Waals surface area contributed by atoms with Crippen molar-refractivity contribution in [1.29, 1.82) is 0 Å². The summed E-state index contributed by atoms with van der Waals surface area (Å²) in [6.45, 7) is 5.62. The zero-order valence-electron chi connectivity index (χ0n) is 6.70. The molecule has 0 spiro atoms. The molecule has 10 heavy (non-hydrogen) atoms. The topological polar surface area (TPSA) is 60.7 Å². The van der Waals surface area contributed by atoms with Gasteiger partial charge in [-0.2, -0.15) is 0 Å². The Labute approximate surface area is 62.3 Å². The van der Waals surface area contributed by atoms with E-state index in [1.165, 1.54) is 0 Å².